The monoisotopic (exact) mass is 399 g/mol. The first-order valence-corrected chi connectivity index (χ1v) is 9.44. The summed E-state index contributed by atoms with van der Waals surface area (Å²) >= 11 is 0. The lowest BCUT2D eigenvalue weighted by molar-refractivity contribution is 0.101. The maximum atomic E-state index is 5.53. The molecule has 4 rings (SSSR count). The number of aromatic nitrogens is 4. The highest BCUT2D eigenvalue weighted by Crippen LogP contribution is 2.29. The summed E-state index contributed by atoms with van der Waals surface area (Å²) in [5.41, 5.74) is 3.19. The Hall–Kier alpha value is -2.31. The Balaban J connectivity index is 0.00000225. The number of nitrogens with zero attached hydrogens (tertiary/aromatic N) is 5. The number of aryl methyl sites for hydroxylation is 1. The molecule has 6 nitrogen and oxygen atoms in total. The molecule has 2 aromatic heterocycles. The molecular formula is C21H26ClN5O. The molecule has 3 heterocycles. The summed E-state index contributed by atoms with van der Waals surface area (Å²) in [6.45, 7) is 9.39. The van der Waals surface area contributed by atoms with Crippen molar-refractivity contribution < 1.29 is 4.52 Å². The van der Waals surface area contributed by atoms with Crippen molar-refractivity contribution in [2.24, 2.45) is 5.41 Å². The van der Waals surface area contributed by atoms with E-state index >= 15 is 0 Å². The Kier molecular flexibility index (Phi) is 6.10. The Bertz CT molecular complexity index is 940. The van der Waals surface area contributed by atoms with Gasteiger partial charge >= 0.3 is 0 Å². The van der Waals surface area contributed by atoms with Crippen LogP contribution in [-0.4, -0.2) is 38.1 Å². The Morgan fingerprint density at radius 1 is 1.14 bits per heavy atom. The maximum Gasteiger partial charge on any atom is 0.241 e. The van der Waals surface area contributed by atoms with Gasteiger partial charge in [-0.2, -0.15) is 4.98 Å². The van der Waals surface area contributed by atoms with Crippen LogP contribution in [0.2, 0.25) is 0 Å². The smallest absolute Gasteiger partial charge is 0.241 e. The minimum atomic E-state index is 0. The van der Waals surface area contributed by atoms with E-state index in [1.807, 2.05) is 37.3 Å². The first kappa shape index (κ1) is 20.4. The molecule has 148 valence electrons. The van der Waals surface area contributed by atoms with Gasteiger partial charge in [0.05, 0.1) is 12.2 Å². The summed E-state index contributed by atoms with van der Waals surface area (Å²) in [7, 11) is 0. The molecule has 1 aliphatic rings. The van der Waals surface area contributed by atoms with Gasteiger partial charge in [-0.05, 0) is 43.9 Å². The predicted molar refractivity (Wildman–Crippen MR) is 111 cm³/mol. The first-order valence-electron chi connectivity index (χ1n) is 9.44. The predicted octanol–water partition coefficient (Wildman–Crippen LogP) is 4.55. The van der Waals surface area contributed by atoms with Crippen LogP contribution in [0.1, 0.15) is 38.4 Å². The fourth-order valence-corrected chi connectivity index (χ4v) is 3.74. The van der Waals surface area contributed by atoms with Gasteiger partial charge < -0.3 is 4.52 Å². The Morgan fingerprint density at radius 3 is 2.75 bits per heavy atom. The molecule has 1 aliphatic heterocycles. The number of hydrogen-bond acceptors (Lipinski definition) is 6. The highest BCUT2D eigenvalue weighted by atomic mass is 35.5. The molecule has 0 spiro atoms. The molecular weight excluding hydrogens is 374 g/mol. The highest BCUT2D eigenvalue weighted by molar-refractivity contribution is 5.85. The molecule has 1 aromatic carbocycles. The molecule has 0 saturated carbocycles. The normalized spacial score (nSPS) is 16.5. The number of halogens is 1. The third-order valence-electron chi connectivity index (χ3n) is 5.00. The van der Waals surface area contributed by atoms with Crippen molar-refractivity contribution in [2.45, 2.75) is 40.2 Å². The number of benzene rings is 1. The van der Waals surface area contributed by atoms with E-state index in [1.54, 1.807) is 6.20 Å². The van der Waals surface area contributed by atoms with Crippen molar-refractivity contribution in [3.63, 3.8) is 0 Å². The first-order chi connectivity index (χ1) is 13.0. The van der Waals surface area contributed by atoms with Crippen molar-refractivity contribution in [2.75, 3.05) is 13.1 Å². The van der Waals surface area contributed by atoms with Gasteiger partial charge in [-0.3, -0.25) is 4.90 Å². The molecule has 28 heavy (non-hydrogen) atoms. The zero-order valence-corrected chi connectivity index (χ0v) is 17.4. The van der Waals surface area contributed by atoms with Crippen molar-refractivity contribution in [1.29, 1.82) is 0 Å². The molecule has 1 saturated heterocycles. The third-order valence-corrected chi connectivity index (χ3v) is 5.00. The fraction of sp³-hybridized carbons (Fsp3) is 0.429. The van der Waals surface area contributed by atoms with Gasteiger partial charge in [-0.15, -0.1) is 12.4 Å². The molecule has 7 heteroatoms. The SMILES string of the molecule is Cc1nccc(-c2cccc(-c3noc(CN4CCCC(C)(C)C4)n3)c2)n1.Cl. The van der Waals surface area contributed by atoms with Gasteiger partial charge in [0, 0.05) is 23.9 Å². The number of piperidine rings is 1. The van der Waals surface area contributed by atoms with Gasteiger partial charge in [0.15, 0.2) is 0 Å². The van der Waals surface area contributed by atoms with Gasteiger partial charge in [0.25, 0.3) is 0 Å². The second kappa shape index (κ2) is 8.37. The van der Waals surface area contributed by atoms with Gasteiger partial charge in [0.2, 0.25) is 11.7 Å². The van der Waals surface area contributed by atoms with Crippen LogP contribution in [0.15, 0.2) is 41.1 Å². The molecule has 0 atom stereocenters. The minimum absolute atomic E-state index is 0. The second-order valence-electron chi connectivity index (χ2n) is 8.06. The van der Waals surface area contributed by atoms with Gasteiger partial charge in [-0.25, -0.2) is 9.97 Å². The lowest BCUT2D eigenvalue weighted by atomic mass is 9.84. The summed E-state index contributed by atoms with van der Waals surface area (Å²) in [6, 6.07) is 9.97. The summed E-state index contributed by atoms with van der Waals surface area (Å²) in [5, 5.41) is 4.20. The highest BCUT2D eigenvalue weighted by Gasteiger charge is 2.27. The van der Waals surface area contributed by atoms with Crippen molar-refractivity contribution in [3.8, 4) is 22.6 Å². The average molecular weight is 400 g/mol. The number of likely N-dealkylation sites (tertiary alicyclic amines) is 1. The quantitative estimate of drug-likeness (QED) is 0.641. The van der Waals surface area contributed by atoms with Crippen LogP contribution >= 0.6 is 12.4 Å². The van der Waals surface area contributed by atoms with Crippen LogP contribution in [0.5, 0.6) is 0 Å². The van der Waals surface area contributed by atoms with Crippen LogP contribution in [0.25, 0.3) is 22.6 Å². The van der Waals surface area contributed by atoms with Gasteiger partial charge in [0.1, 0.15) is 5.82 Å². The van der Waals surface area contributed by atoms with Crippen LogP contribution in [-0.2, 0) is 6.54 Å². The van der Waals surface area contributed by atoms with E-state index in [0.717, 1.165) is 35.7 Å². The van der Waals surface area contributed by atoms with Crippen LogP contribution in [0.3, 0.4) is 0 Å². The molecule has 0 amide bonds. The van der Waals surface area contributed by atoms with E-state index in [2.05, 4.69) is 38.9 Å². The molecule has 0 unspecified atom stereocenters. The van der Waals surface area contributed by atoms with Crippen LogP contribution in [0.4, 0.5) is 0 Å². The van der Waals surface area contributed by atoms with E-state index in [1.165, 1.54) is 12.8 Å². The zero-order chi connectivity index (χ0) is 18.9. The summed E-state index contributed by atoms with van der Waals surface area (Å²) in [4.78, 5) is 15.7. The standard InChI is InChI=1S/C21H25N5O.ClH/c1-15-22-10-8-18(23-15)16-6-4-7-17(12-16)20-24-19(27-25-20)13-26-11-5-9-21(2,3)14-26;/h4,6-8,10,12H,5,9,11,13-14H2,1-3H3;1H. The molecule has 0 radical (unpaired) electrons. The summed E-state index contributed by atoms with van der Waals surface area (Å²) in [6.07, 6.45) is 4.26. The van der Waals surface area contributed by atoms with Crippen molar-refractivity contribution in [3.05, 3.63) is 48.2 Å². The minimum Gasteiger partial charge on any atom is -0.338 e. The molecule has 0 bridgehead atoms. The average Bonchev–Trinajstić information content (AvgIpc) is 3.09. The van der Waals surface area contributed by atoms with Crippen molar-refractivity contribution in [1.82, 2.24) is 25.0 Å². The van der Waals surface area contributed by atoms with E-state index in [0.29, 0.717) is 23.7 Å². The van der Waals surface area contributed by atoms with Gasteiger partial charge in [-0.1, -0.05) is 37.2 Å². The maximum absolute atomic E-state index is 5.53. The largest absolute Gasteiger partial charge is 0.338 e. The molecule has 1 fully saturated rings. The van der Waals surface area contributed by atoms with E-state index in [-0.39, 0.29) is 12.4 Å². The Morgan fingerprint density at radius 2 is 1.96 bits per heavy atom. The lowest BCUT2D eigenvalue weighted by Crippen LogP contribution is -2.39. The van der Waals surface area contributed by atoms with Crippen molar-refractivity contribution >= 4 is 12.4 Å². The number of hydrogen-bond donors (Lipinski definition) is 0. The lowest BCUT2D eigenvalue weighted by Gasteiger charge is -2.37. The van der Waals surface area contributed by atoms with E-state index < -0.39 is 0 Å². The summed E-state index contributed by atoms with van der Waals surface area (Å²) in [5.74, 6) is 2.05. The fourth-order valence-electron chi connectivity index (χ4n) is 3.74. The van der Waals surface area contributed by atoms with E-state index in [9.17, 15) is 0 Å². The van der Waals surface area contributed by atoms with Crippen LogP contribution < -0.4 is 0 Å². The zero-order valence-electron chi connectivity index (χ0n) is 16.6. The summed E-state index contributed by atoms with van der Waals surface area (Å²) < 4.78 is 5.53. The number of rotatable bonds is 4. The molecule has 3 aromatic rings. The van der Waals surface area contributed by atoms with Crippen LogP contribution in [0, 0.1) is 12.3 Å². The molecule has 0 aliphatic carbocycles. The van der Waals surface area contributed by atoms with E-state index in [4.69, 9.17) is 4.52 Å². The third kappa shape index (κ3) is 4.75. The second-order valence-corrected chi connectivity index (χ2v) is 8.06. The Labute approximate surface area is 171 Å². The topological polar surface area (TPSA) is 67.9 Å². The molecule has 0 N–H and O–H groups in total.